The molecule has 0 heterocycles. The molecule has 0 aliphatic heterocycles. The van der Waals surface area contributed by atoms with Crippen molar-refractivity contribution in [2.45, 2.75) is 59.0 Å². The summed E-state index contributed by atoms with van der Waals surface area (Å²) < 4.78 is 21.7. The Balaban J connectivity index is 0.000000377. The minimum atomic E-state index is -0.276. The van der Waals surface area contributed by atoms with Gasteiger partial charge < -0.3 is 29.6 Å². The number of rotatable bonds is 18. The maximum Gasteiger partial charge on any atom is 0.221 e. The summed E-state index contributed by atoms with van der Waals surface area (Å²) in [5.41, 5.74) is 2.37. The molecule has 10 nitrogen and oxygen atoms in total. The number of methoxy groups -OCH3 is 3. The third-order valence-electron chi connectivity index (χ3n) is 6.96. The van der Waals surface area contributed by atoms with E-state index in [9.17, 15) is 19.2 Å². The minimum Gasteiger partial charge on any atom is -0.497 e. The minimum absolute atomic E-state index is 0.0526. The Morgan fingerprint density at radius 2 is 1.04 bits per heavy atom. The summed E-state index contributed by atoms with van der Waals surface area (Å²) >= 11 is 23.6. The molecule has 2 amide bonds. The second-order valence-electron chi connectivity index (χ2n) is 10.9. The average molecular weight is 773 g/mol. The first-order chi connectivity index (χ1) is 23.9. The quantitative estimate of drug-likeness (QED) is 0.0744. The van der Waals surface area contributed by atoms with Crippen LogP contribution in [0.3, 0.4) is 0 Å². The Hall–Kier alpha value is -3.70. The average Bonchev–Trinajstić information content (AvgIpc) is 3.08. The summed E-state index contributed by atoms with van der Waals surface area (Å²) in [6.45, 7) is 2.93. The first kappa shape index (κ1) is 42.5. The maximum atomic E-state index is 12.7. The lowest BCUT2D eigenvalue weighted by Gasteiger charge is -2.15. The molecule has 3 aromatic carbocycles. The summed E-state index contributed by atoms with van der Waals surface area (Å²) in [7, 11) is 4.60. The topological polar surface area (TPSA) is 129 Å². The van der Waals surface area contributed by atoms with Gasteiger partial charge in [0.2, 0.25) is 11.8 Å². The first-order valence-electron chi connectivity index (χ1n) is 15.7. The van der Waals surface area contributed by atoms with E-state index in [1.165, 1.54) is 33.1 Å². The second kappa shape index (κ2) is 22.2. The van der Waals surface area contributed by atoms with Crippen LogP contribution in [-0.2, 0) is 16.2 Å². The van der Waals surface area contributed by atoms with Gasteiger partial charge in [-0.1, -0.05) is 23.2 Å². The fourth-order valence-electron chi connectivity index (χ4n) is 4.54. The van der Waals surface area contributed by atoms with E-state index in [1.807, 2.05) is 12.1 Å². The lowest BCUT2D eigenvalue weighted by atomic mass is 10.0. The summed E-state index contributed by atoms with van der Waals surface area (Å²) in [6.07, 6.45) is 3.62. The standard InChI is InChI=1S/C22H25Cl2NO5.C14H17Cl2NO3/c1-14(26)25-20-12-22(18(11-19(20)24)21(27)6-4-5-7-23)30-13-15-8-16(28-2)10-17(9-15)29-3;1-9(18)17-12-8-14(20-2)10(7-11(12)16)13(19)5-3-4-6-15/h8-12H,4-7,13H2,1-3H3,(H,25,26);7-8H,3-6H2,1-2H3,(H,17,18). The van der Waals surface area contributed by atoms with Crippen molar-refractivity contribution in [3.05, 3.63) is 69.2 Å². The van der Waals surface area contributed by atoms with E-state index in [0.717, 1.165) is 24.8 Å². The number of nitrogens with one attached hydrogen (secondary N) is 2. The van der Waals surface area contributed by atoms with Crippen LogP contribution in [0.5, 0.6) is 23.0 Å². The van der Waals surface area contributed by atoms with Crippen LogP contribution in [0.1, 0.15) is 78.7 Å². The van der Waals surface area contributed by atoms with Gasteiger partial charge in [-0.05, 0) is 55.5 Å². The molecule has 272 valence electrons. The summed E-state index contributed by atoms with van der Waals surface area (Å²) in [5, 5.41) is 5.81. The Morgan fingerprint density at radius 3 is 1.44 bits per heavy atom. The molecule has 0 aromatic heterocycles. The van der Waals surface area contributed by atoms with Crippen molar-refractivity contribution >= 4 is 81.2 Å². The van der Waals surface area contributed by atoms with E-state index in [2.05, 4.69) is 10.6 Å². The molecule has 0 fully saturated rings. The second-order valence-corrected chi connectivity index (χ2v) is 12.4. The first-order valence-corrected chi connectivity index (χ1v) is 17.5. The zero-order valence-corrected chi connectivity index (χ0v) is 31.7. The summed E-state index contributed by atoms with van der Waals surface area (Å²) in [6, 6.07) is 11.6. The molecule has 3 rings (SSSR count). The third-order valence-corrected chi connectivity index (χ3v) is 8.12. The smallest absolute Gasteiger partial charge is 0.221 e. The van der Waals surface area contributed by atoms with Gasteiger partial charge in [-0.3, -0.25) is 19.2 Å². The number of carbonyl (C=O) groups excluding carboxylic acids is 4. The van der Waals surface area contributed by atoms with E-state index >= 15 is 0 Å². The molecule has 0 saturated carbocycles. The lowest BCUT2D eigenvalue weighted by molar-refractivity contribution is -0.115. The molecule has 0 radical (unpaired) electrons. The number of ketones is 2. The predicted octanol–water partition coefficient (Wildman–Crippen LogP) is 9.39. The van der Waals surface area contributed by atoms with Gasteiger partial charge >= 0.3 is 0 Å². The number of halogens is 4. The van der Waals surface area contributed by atoms with Crippen molar-refractivity contribution in [3.63, 3.8) is 0 Å². The highest BCUT2D eigenvalue weighted by molar-refractivity contribution is 6.34. The van der Waals surface area contributed by atoms with E-state index in [0.29, 0.717) is 81.5 Å². The molecule has 0 aliphatic rings. The number of carbonyl (C=O) groups is 4. The van der Waals surface area contributed by atoms with Crippen molar-refractivity contribution in [2.75, 3.05) is 43.7 Å². The van der Waals surface area contributed by atoms with E-state index in [-0.39, 0.29) is 35.0 Å². The Morgan fingerprint density at radius 1 is 0.600 bits per heavy atom. The summed E-state index contributed by atoms with van der Waals surface area (Å²) in [5.74, 6) is 2.34. The Bertz CT molecular complexity index is 1610. The fourth-order valence-corrected chi connectivity index (χ4v) is 5.34. The Labute approximate surface area is 313 Å². The van der Waals surface area contributed by atoms with Crippen LogP contribution in [0.15, 0.2) is 42.5 Å². The van der Waals surface area contributed by atoms with Gasteiger partial charge in [-0.15, -0.1) is 23.2 Å². The van der Waals surface area contributed by atoms with Crippen molar-refractivity contribution in [3.8, 4) is 23.0 Å². The number of hydrogen-bond donors (Lipinski definition) is 2. The highest BCUT2D eigenvalue weighted by atomic mass is 35.5. The van der Waals surface area contributed by atoms with Crippen LogP contribution in [-0.4, -0.2) is 56.5 Å². The zero-order chi connectivity index (χ0) is 37.2. The number of alkyl halides is 2. The van der Waals surface area contributed by atoms with Crippen LogP contribution in [0, 0.1) is 0 Å². The number of Topliss-reactive ketones (excluding diaryl/α,β-unsaturated/α-hetero) is 2. The third kappa shape index (κ3) is 13.9. The van der Waals surface area contributed by atoms with Crippen LogP contribution in [0.25, 0.3) is 0 Å². The van der Waals surface area contributed by atoms with E-state index < -0.39 is 0 Å². The van der Waals surface area contributed by atoms with Crippen molar-refractivity contribution in [1.82, 2.24) is 0 Å². The highest BCUT2D eigenvalue weighted by Gasteiger charge is 2.18. The molecule has 0 aliphatic carbocycles. The molecule has 0 spiro atoms. The SMILES string of the molecule is COc1cc(COc2cc(NC(C)=O)c(Cl)cc2C(=O)CCCCCl)cc(OC)c1.COc1cc(NC(C)=O)c(Cl)cc1C(=O)CCCCCl. The van der Waals surface area contributed by atoms with Gasteiger partial charge in [-0.25, -0.2) is 0 Å². The highest BCUT2D eigenvalue weighted by Crippen LogP contribution is 2.34. The van der Waals surface area contributed by atoms with Gasteiger partial charge in [-0.2, -0.15) is 0 Å². The van der Waals surface area contributed by atoms with E-state index in [1.54, 1.807) is 32.4 Å². The number of unbranched alkanes of at least 4 members (excludes halogenated alkanes) is 2. The normalized spacial score (nSPS) is 10.3. The molecule has 3 aromatic rings. The van der Waals surface area contributed by atoms with Crippen LogP contribution < -0.4 is 29.6 Å². The molecule has 0 bridgehead atoms. The van der Waals surface area contributed by atoms with Gasteiger partial charge in [0.05, 0.1) is 53.9 Å². The number of hydrogen-bond acceptors (Lipinski definition) is 8. The molecule has 2 N–H and O–H groups in total. The predicted molar refractivity (Wildman–Crippen MR) is 200 cm³/mol. The Kier molecular flexibility index (Phi) is 18.8. The zero-order valence-electron chi connectivity index (χ0n) is 28.7. The summed E-state index contributed by atoms with van der Waals surface area (Å²) in [4.78, 5) is 47.4. The molecule has 50 heavy (non-hydrogen) atoms. The fraction of sp³-hybridized carbons (Fsp3) is 0.389. The van der Waals surface area contributed by atoms with E-state index in [4.69, 9.17) is 65.4 Å². The van der Waals surface area contributed by atoms with Crippen molar-refractivity contribution < 1.29 is 38.1 Å². The molecule has 0 atom stereocenters. The number of amides is 2. The molecule has 0 saturated heterocycles. The largest absolute Gasteiger partial charge is 0.497 e. The van der Waals surface area contributed by atoms with Gasteiger partial charge in [0, 0.05) is 56.6 Å². The van der Waals surface area contributed by atoms with Crippen LogP contribution in [0.4, 0.5) is 11.4 Å². The van der Waals surface area contributed by atoms with Gasteiger partial charge in [0.25, 0.3) is 0 Å². The monoisotopic (exact) mass is 770 g/mol. The van der Waals surface area contributed by atoms with Crippen molar-refractivity contribution in [2.24, 2.45) is 0 Å². The van der Waals surface area contributed by atoms with Crippen LogP contribution in [0.2, 0.25) is 10.0 Å². The number of ether oxygens (including phenoxy) is 4. The van der Waals surface area contributed by atoms with Crippen molar-refractivity contribution in [1.29, 1.82) is 0 Å². The lowest BCUT2D eigenvalue weighted by Crippen LogP contribution is -2.10. The number of benzene rings is 3. The van der Waals surface area contributed by atoms with Crippen LogP contribution >= 0.6 is 46.4 Å². The molecular weight excluding hydrogens is 730 g/mol. The van der Waals surface area contributed by atoms with Gasteiger partial charge in [0.1, 0.15) is 29.6 Å². The van der Waals surface area contributed by atoms with Gasteiger partial charge in [0.15, 0.2) is 11.6 Å². The molecule has 14 heteroatoms. The maximum absolute atomic E-state index is 12.7. The molecular formula is C36H42Cl4N2O8. The number of anilines is 2. The molecule has 0 unspecified atom stereocenters.